The van der Waals surface area contributed by atoms with Crippen LogP contribution in [0, 0.1) is 0 Å². The summed E-state index contributed by atoms with van der Waals surface area (Å²) in [6.07, 6.45) is 3.36. The Morgan fingerprint density at radius 2 is 1.70 bits per heavy atom. The predicted octanol–water partition coefficient (Wildman–Crippen LogP) is 3.09. The van der Waals surface area contributed by atoms with Gasteiger partial charge in [0.05, 0.1) is 0 Å². The first-order valence-corrected chi connectivity index (χ1v) is 8.60. The van der Waals surface area contributed by atoms with Crippen LogP contribution >= 0.6 is 11.6 Å². The number of carbonyl (C=O) groups is 3. The molecule has 1 aliphatic rings. The molecule has 0 aliphatic carbocycles. The highest BCUT2D eigenvalue weighted by atomic mass is 35.5. The van der Waals surface area contributed by atoms with E-state index < -0.39 is 17.8 Å². The van der Waals surface area contributed by atoms with E-state index in [1.54, 1.807) is 0 Å². The number of imide groups is 2. The molecule has 2 heterocycles. The maximum Gasteiger partial charge on any atom is 0.328 e. The van der Waals surface area contributed by atoms with E-state index in [0.717, 1.165) is 16.5 Å². The largest absolute Gasteiger partial charge is 0.342 e. The molecule has 4 rings (SSSR count). The van der Waals surface area contributed by atoms with Crippen LogP contribution in [0.3, 0.4) is 0 Å². The van der Waals surface area contributed by atoms with Crippen LogP contribution in [0.1, 0.15) is 11.1 Å². The zero-order valence-corrected chi connectivity index (χ0v) is 14.8. The Labute approximate surface area is 159 Å². The van der Waals surface area contributed by atoms with E-state index in [2.05, 4.69) is 10.6 Å². The molecule has 0 saturated carbocycles. The number of rotatable bonds is 3. The fourth-order valence-corrected chi connectivity index (χ4v) is 3.33. The summed E-state index contributed by atoms with van der Waals surface area (Å²) in [6.45, 7) is 0.584. The van der Waals surface area contributed by atoms with Crippen LogP contribution in [0.5, 0.6) is 0 Å². The average molecular weight is 380 g/mol. The number of nitrogens with zero attached hydrogens (tertiary/aromatic N) is 1. The first-order chi connectivity index (χ1) is 13.0. The molecular weight excluding hydrogens is 366 g/mol. The van der Waals surface area contributed by atoms with Crippen LogP contribution in [-0.4, -0.2) is 22.4 Å². The molecular formula is C20H14ClN3O3. The van der Waals surface area contributed by atoms with Gasteiger partial charge < -0.3 is 4.57 Å². The Morgan fingerprint density at radius 1 is 0.963 bits per heavy atom. The molecule has 0 radical (unpaired) electrons. The third kappa shape index (κ3) is 3.35. The fraction of sp³-hybridized carbons (Fsp3) is 0.0500. The summed E-state index contributed by atoms with van der Waals surface area (Å²) in [5.74, 6) is -1.43. The number of nitrogens with one attached hydrogen (secondary N) is 2. The number of halogens is 1. The second-order valence-electron chi connectivity index (χ2n) is 6.15. The van der Waals surface area contributed by atoms with Crippen molar-refractivity contribution in [1.82, 2.24) is 15.2 Å². The Kier molecular flexibility index (Phi) is 4.25. The number of para-hydroxylation sites is 1. The standard InChI is InChI=1S/C20H14ClN3O3/c21-14-5-3-4-12(8-14)10-24-11-13(15-6-1-2-7-17(15)24)9-16-18(25)22-20(27)23-19(16)26/h1-9,11H,10H2,(H2,22,23,25,26,27). The van der Waals surface area contributed by atoms with E-state index in [1.165, 1.54) is 6.08 Å². The van der Waals surface area contributed by atoms with Crippen LogP contribution < -0.4 is 10.6 Å². The molecule has 2 N–H and O–H groups in total. The first-order valence-electron chi connectivity index (χ1n) is 8.22. The van der Waals surface area contributed by atoms with E-state index in [9.17, 15) is 14.4 Å². The van der Waals surface area contributed by atoms with Crippen molar-refractivity contribution in [2.75, 3.05) is 0 Å². The minimum atomic E-state index is -0.814. The second-order valence-corrected chi connectivity index (χ2v) is 6.59. The van der Waals surface area contributed by atoms with Gasteiger partial charge in [0.2, 0.25) is 0 Å². The molecule has 1 aromatic heterocycles. The Bertz CT molecular complexity index is 1110. The molecule has 134 valence electrons. The van der Waals surface area contributed by atoms with Gasteiger partial charge in [-0.2, -0.15) is 0 Å². The Balaban J connectivity index is 1.78. The number of amides is 4. The molecule has 0 spiro atoms. The van der Waals surface area contributed by atoms with Gasteiger partial charge in [0, 0.05) is 34.2 Å². The average Bonchev–Trinajstić information content (AvgIpc) is 2.96. The van der Waals surface area contributed by atoms with E-state index in [4.69, 9.17) is 11.6 Å². The zero-order valence-electron chi connectivity index (χ0n) is 14.0. The number of hydrogen-bond donors (Lipinski definition) is 2. The Hall–Kier alpha value is -3.38. The highest BCUT2D eigenvalue weighted by Gasteiger charge is 2.28. The molecule has 1 aliphatic heterocycles. The summed E-state index contributed by atoms with van der Waals surface area (Å²) < 4.78 is 2.02. The normalized spacial score (nSPS) is 14.3. The van der Waals surface area contributed by atoms with Gasteiger partial charge in [-0.3, -0.25) is 20.2 Å². The molecule has 0 unspecified atom stereocenters. The smallest absolute Gasteiger partial charge is 0.328 e. The number of carbonyl (C=O) groups excluding carboxylic acids is 3. The summed E-state index contributed by atoms with van der Waals surface area (Å²) in [5, 5.41) is 5.71. The molecule has 4 amide bonds. The highest BCUT2D eigenvalue weighted by molar-refractivity contribution is 6.31. The van der Waals surface area contributed by atoms with E-state index in [1.807, 2.05) is 59.3 Å². The summed E-state index contributed by atoms with van der Waals surface area (Å²) in [4.78, 5) is 35.2. The van der Waals surface area contributed by atoms with E-state index >= 15 is 0 Å². The van der Waals surface area contributed by atoms with Gasteiger partial charge in [-0.25, -0.2) is 4.79 Å². The molecule has 3 aromatic rings. The number of urea groups is 1. The van der Waals surface area contributed by atoms with Gasteiger partial charge in [0.15, 0.2) is 0 Å². The summed E-state index contributed by atoms with van der Waals surface area (Å²) in [7, 11) is 0. The first kappa shape index (κ1) is 17.1. The van der Waals surface area contributed by atoms with E-state index in [-0.39, 0.29) is 5.57 Å². The van der Waals surface area contributed by atoms with Crippen molar-refractivity contribution in [2.24, 2.45) is 0 Å². The molecule has 27 heavy (non-hydrogen) atoms. The van der Waals surface area contributed by atoms with Gasteiger partial charge in [-0.15, -0.1) is 0 Å². The summed E-state index contributed by atoms with van der Waals surface area (Å²) in [5.41, 5.74) is 2.58. The van der Waals surface area contributed by atoms with Crippen molar-refractivity contribution in [3.8, 4) is 0 Å². The van der Waals surface area contributed by atoms with Crippen LogP contribution in [0.15, 0.2) is 60.3 Å². The summed E-state index contributed by atoms with van der Waals surface area (Å²) >= 11 is 6.07. The highest BCUT2D eigenvalue weighted by Crippen LogP contribution is 2.25. The van der Waals surface area contributed by atoms with Crippen LogP contribution in [0.4, 0.5) is 4.79 Å². The monoisotopic (exact) mass is 379 g/mol. The lowest BCUT2D eigenvalue weighted by atomic mass is 10.1. The minimum Gasteiger partial charge on any atom is -0.342 e. The van der Waals surface area contributed by atoms with Gasteiger partial charge in [-0.1, -0.05) is 41.9 Å². The lowest BCUT2D eigenvalue weighted by Crippen LogP contribution is -2.51. The van der Waals surface area contributed by atoms with E-state index in [0.29, 0.717) is 17.1 Å². The second kappa shape index (κ2) is 6.74. The quantitative estimate of drug-likeness (QED) is 0.542. The minimum absolute atomic E-state index is 0.111. The van der Waals surface area contributed by atoms with Crippen molar-refractivity contribution in [1.29, 1.82) is 0 Å². The molecule has 1 saturated heterocycles. The van der Waals surface area contributed by atoms with Crippen molar-refractivity contribution < 1.29 is 14.4 Å². The number of barbiturate groups is 1. The maximum atomic E-state index is 12.0. The fourth-order valence-electron chi connectivity index (χ4n) is 3.11. The lowest BCUT2D eigenvalue weighted by molar-refractivity contribution is -0.123. The van der Waals surface area contributed by atoms with Gasteiger partial charge in [0.1, 0.15) is 5.57 Å². The third-order valence-corrected chi connectivity index (χ3v) is 4.54. The van der Waals surface area contributed by atoms with Crippen LogP contribution in [0.2, 0.25) is 5.02 Å². The summed E-state index contributed by atoms with van der Waals surface area (Å²) in [6, 6.07) is 14.5. The van der Waals surface area contributed by atoms with Crippen LogP contribution in [-0.2, 0) is 16.1 Å². The predicted molar refractivity (Wildman–Crippen MR) is 102 cm³/mol. The Morgan fingerprint density at radius 3 is 2.44 bits per heavy atom. The molecule has 6 nitrogen and oxygen atoms in total. The SMILES string of the molecule is O=C1NC(=O)C(=Cc2cn(Cc3cccc(Cl)c3)c3ccccc23)C(=O)N1. The molecule has 0 bridgehead atoms. The lowest BCUT2D eigenvalue weighted by Gasteiger charge is -2.13. The molecule has 2 aromatic carbocycles. The maximum absolute atomic E-state index is 12.0. The number of aromatic nitrogens is 1. The number of benzene rings is 2. The third-order valence-electron chi connectivity index (χ3n) is 4.30. The topological polar surface area (TPSA) is 80.2 Å². The molecule has 1 fully saturated rings. The molecule has 7 heteroatoms. The number of hydrogen-bond acceptors (Lipinski definition) is 3. The van der Waals surface area contributed by atoms with Crippen molar-refractivity contribution in [2.45, 2.75) is 6.54 Å². The van der Waals surface area contributed by atoms with Gasteiger partial charge in [0.25, 0.3) is 11.8 Å². The molecule has 0 atom stereocenters. The zero-order chi connectivity index (χ0) is 19.0. The number of fused-ring (bicyclic) bond motifs is 1. The van der Waals surface area contributed by atoms with Crippen molar-refractivity contribution in [3.63, 3.8) is 0 Å². The van der Waals surface area contributed by atoms with Crippen LogP contribution in [0.25, 0.3) is 17.0 Å². The van der Waals surface area contributed by atoms with Crippen molar-refractivity contribution in [3.05, 3.63) is 76.5 Å². The van der Waals surface area contributed by atoms with Gasteiger partial charge >= 0.3 is 6.03 Å². The van der Waals surface area contributed by atoms with Gasteiger partial charge in [-0.05, 0) is 29.8 Å². The van der Waals surface area contributed by atoms with Crippen molar-refractivity contribution >= 4 is 46.4 Å².